The van der Waals surface area contributed by atoms with Crippen molar-refractivity contribution >= 4 is 11.6 Å². The van der Waals surface area contributed by atoms with E-state index in [2.05, 4.69) is 70.9 Å². The average molecular weight is 317 g/mol. The summed E-state index contributed by atoms with van der Waals surface area (Å²) in [5.74, 6) is 6.01. The van der Waals surface area contributed by atoms with E-state index in [1.54, 1.807) is 0 Å². The largest absolute Gasteiger partial charge is 0.354 e. The van der Waals surface area contributed by atoms with Gasteiger partial charge in [-0.05, 0) is 68.7 Å². The van der Waals surface area contributed by atoms with Crippen molar-refractivity contribution in [3.63, 3.8) is 0 Å². The van der Waals surface area contributed by atoms with Gasteiger partial charge in [-0.3, -0.25) is 10.2 Å². The smallest absolute Gasteiger partial charge is 0.256 e. The topological polar surface area (TPSA) is 58.4 Å². The summed E-state index contributed by atoms with van der Waals surface area (Å²) in [6, 6.07) is 4.25. The molecule has 1 aliphatic heterocycles. The van der Waals surface area contributed by atoms with Crippen molar-refractivity contribution in [2.24, 2.45) is 11.8 Å². The summed E-state index contributed by atoms with van der Waals surface area (Å²) in [6.07, 6.45) is 1.02. The molecule has 1 heterocycles. The Bertz CT molecular complexity index is 607. The van der Waals surface area contributed by atoms with Gasteiger partial charge in [0.2, 0.25) is 0 Å². The summed E-state index contributed by atoms with van der Waals surface area (Å²) in [5.41, 5.74) is 7.35. The summed E-state index contributed by atoms with van der Waals surface area (Å²) < 4.78 is 0. The lowest BCUT2D eigenvalue weighted by molar-refractivity contribution is -0.123. The van der Waals surface area contributed by atoms with Crippen LogP contribution in [0.3, 0.4) is 0 Å². The molecule has 0 bridgehead atoms. The van der Waals surface area contributed by atoms with E-state index in [4.69, 9.17) is 5.84 Å². The Balaban J connectivity index is 2.67. The fraction of sp³-hybridized carbons (Fsp3) is 0.632. The molecule has 4 nitrogen and oxygen atoms in total. The van der Waals surface area contributed by atoms with Crippen LogP contribution in [0.4, 0.5) is 5.69 Å². The lowest BCUT2D eigenvalue weighted by Gasteiger charge is -2.51. The molecule has 1 amide bonds. The van der Waals surface area contributed by atoms with Gasteiger partial charge in [0.05, 0.1) is 0 Å². The van der Waals surface area contributed by atoms with E-state index in [1.807, 2.05) is 0 Å². The number of hydrazine groups is 1. The molecule has 4 heteroatoms. The molecule has 2 atom stereocenters. The number of hydrogen-bond donors (Lipinski definition) is 2. The summed E-state index contributed by atoms with van der Waals surface area (Å²) >= 11 is 0. The van der Waals surface area contributed by atoms with Crippen LogP contribution >= 0.6 is 0 Å². The second-order valence-corrected chi connectivity index (χ2v) is 7.98. The number of nitrogens with zero attached hydrogens (tertiary/aromatic N) is 1. The predicted molar refractivity (Wildman–Crippen MR) is 96.5 cm³/mol. The minimum atomic E-state index is -0.275. The highest BCUT2D eigenvalue weighted by molar-refractivity contribution is 5.86. The molecule has 0 aliphatic carbocycles. The molecule has 0 aromatic heterocycles. The number of fused-ring (bicyclic) bond motifs is 1. The lowest BCUT2D eigenvalue weighted by atomic mass is 9.77. The number of benzene rings is 1. The predicted octanol–water partition coefficient (Wildman–Crippen LogP) is 3.41. The Kier molecular flexibility index (Phi) is 4.76. The zero-order valence-electron chi connectivity index (χ0n) is 15.5. The van der Waals surface area contributed by atoms with Gasteiger partial charge in [0.15, 0.2) is 0 Å². The fourth-order valence-corrected chi connectivity index (χ4v) is 4.04. The fourth-order valence-electron chi connectivity index (χ4n) is 4.04. The first-order valence-electron chi connectivity index (χ1n) is 8.51. The molecule has 1 aromatic carbocycles. The summed E-state index contributed by atoms with van der Waals surface area (Å²) in [5, 5.41) is 0. The van der Waals surface area contributed by atoms with Crippen LogP contribution in [-0.4, -0.2) is 17.5 Å². The lowest BCUT2D eigenvalue weighted by Crippen LogP contribution is -2.61. The van der Waals surface area contributed by atoms with Crippen molar-refractivity contribution in [1.29, 1.82) is 0 Å². The van der Waals surface area contributed by atoms with Crippen LogP contribution in [0, 0.1) is 19.8 Å². The molecule has 0 spiro atoms. The SMILES string of the molecule is Cc1cc2c(cc1C)N([C@H](C(=O)NN)C(C)C)C(C)(C)C[C@H]2C. The molecular weight excluding hydrogens is 286 g/mol. The minimum Gasteiger partial charge on any atom is -0.354 e. The van der Waals surface area contributed by atoms with E-state index in [0.29, 0.717) is 5.92 Å². The van der Waals surface area contributed by atoms with Gasteiger partial charge in [0.25, 0.3) is 5.91 Å². The van der Waals surface area contributed by atoms with Crippen LogP contribution in [0.5, 0.6) is 0 Å². The van der Waals surface area contributed by atoms with E-state index < -0.39 is 0 Å². The highest BCUT2D eigenvalue weighted by atomic mass is 16.2. The average Bonchev–Trinajstić information content (AvgIpc) is 2.44. The van der Waals surface area contributed by atoms with Crippen LogP contribution in [0.2, 0.25) is 0 Å². The third kappa shape index (κ3) is 3.09. The maximum absolute atomic E-state index is 12.5. The zero-order chi connectivity index (χ0) is 17.5. The van der Waals surface area contributed by atoms with Gasteiger partial charge < -0.3 is 4.90 Å². The molecule has 0 radical (unpaired) electrons. The molecule has 2 rings (SSSR count). The first-order chi connectivity index (χ1) is 10.6. The number of anilines is 1. The Morgan fingerprint density at radius 1 is 1.30 bits per heavy atom. The number of aryl methyl sites for hydroxylation is 2. The van der Waals surface area contributed by atoms with Crippen molar-refractivity contribution in [1.82, 2.24) is 5.43 Å². The molecule has 0 saturated heterocycles. The van der Waals surface area contributed by atoms with Crippen LogP contribution < -0.4 is 16.2 Å². The van der Waals surface area contributed by atoms with Crippen molar-refractivity contribution in [3.8, 4) is 0 Å². The Morgan fingerprint density at radius 3 is 2.39 bits per heavy atom. The van der Waals surface area contributed by atoms with Gasteiger partial charge >= 0.3 is 0 Å². The van der Waals surface area contributed by atoms with Crippen LogP contribution in [0.15, 0.2) is 12.1 Å². The number of rotatable bonds is 3. The molecule has 0 unspecified atom stereocenters. The molecular formula is C19H31N3O. The number of carbonyl (C=O) groups excluding carboxylic acids is 1. The van der Waals surface area contributed by atoms with E-state index in [9.17, 15) is 4.79 Å². The second kappa shape index (κ2) is 6.16. The van der Waals surface area contributed by atoms with E-state index in [-0.39, 0.29) is 23.4 Å². The standard InChI is InChI=1S/C19H31N3O/c1-11(2)17(18(23)21-20)22-16-9-13(4)12(3)8-15(16)14(5)10-19(22,6)7/h8-9,11,14,17H,10,20H2,1-7H3,(H,21,23)/t14-,17+/m1/s1. The molecule has 0 fully saturated rings. The monoisotopic (exact) mass is 317 g/mol. The summed E-state index contributed by atoms with van der Waals surface area (Å²) in [7, 11) is 0. The first kappa shape index (κ1) is 17.8. The van der Waals surface area contributed by atoms with Crippen LogP contribution in [-0.2, 0) is 4.79 Å². The zero-order valence-corrected chi connectivity index (χ0v) is 15.5. The highest BCUT2D eigenvalue weighted by Crippen LogP contribution is 2.46. The van der Waals surface area contributed by atoms with Gasteiger partial charge in [0.1, 0.15) is 6.04 Å². The van der Waals surface area contributed by atoms with Crippen molar-refractivity contribution in [3.05, 3.63) is 28.8 Å². The third-order valence-electron chi connectivity index (χ3n) is 5.21. The number of hydrogen-bond acceptors (Lipinski definition) is 3. The maximum Gasteiger partial charge on any atom is 0.256 e. The van der Waals surface area contributed by atoms with Gasteiger partial charge in [-0.1, -0.05) is 26.8 Å². The number of nitrogens with one attached hydrogen (secondary N) is 1. The van der Waals surface area contributed by atoms with Crippen molar-refractivity contribution in [2.45, 2.75) is 72.4 Å². The van der Waals surface area contributed by atoms with E-state index in [1.165, 1.54) is 22.4 Å². The highest BCUT2D eigenvalue weighted by Gasteiger charge is 2.43. The van der Waals surface area contributed by atoms with E-state index >= 15 is 0 Å². The molecule has 128 valence electrons. The number of carbonyl (C=O) groups is 1. The number of amides is 1. The Morgan fingerprint density at radius 2 is 1.87 bits per heavy atom. The van der Waals surface area contributed by atoms with Gasteiger partial charge in [-0.15, -0.1) is 0 Å². The minimum absolute atomic E-state index is 0.102. The van der Waals surface area contributed by atoms with Gasteiger partial charge in [-0.2, -0.15) is 0 Å². The molecule has 1 aliphatic rings. The summed E-state index contributed by atoms with van der Waals surface area (Å²) in [6.45, 7) is 15.2. The Labute approximate surface area is 140 Å². The van der Waals surface area contributed by atoms with E-state index in [0.717, 1.165) is 6.42 Å². The summed E-state index contributed by atoms with van der Waals surface area (Å²) in [4.78, 5) is 14.8. The van der Waals surface area contributed by atoms with Crippen molar-refractivity contribution < 1.29 is 4.79 Å². The van der Waals surface area contributed by atoms with Crippen LogP contribution in [0.1, 0.15) is 63.6 Å². The van der Waals surface area contributed by atoms with Crippen LogP contribution in [0.25, 0.3) is 0 Å². The third-order valence-corrected chi connectivity index (χ3v) is 5.21. The quantitative estimate of drug-likeness (QED) is 0.510. The normalized spacial score (nSPS) is 21.1. The Hall–Kier alpha value is -1.55. The molecule has 23 heavy (non-hydrogen) atoms. The first-order valence-corrected chi connectivity index (χ1v) is 8.51. The van der Waals surface area contributed by atoms with Crippen molar-refractivity contribution in [2.75, 3.05) is 4.90 Å². The van der Waals surface area contributed by atoms with Gasteiger partial charge in [-0.25, -0.2) is 5.84 Å². The number of nitrogens with two attached hydrogens (primary N) is 1. The maximum atomic E-state index is 12.5. The molecule has 0 saturated carbocycles. The molecule has 3 N–H and O–H groups in total. The molecule has 1 aromatic rings. The second-order valence-electron chi connectivity index (χ2n) is 7.98. The van der Waals surface area contributed by atoms with Gasteiger partial charge in [0, 0.05) is 11.2 Å².